The van der Waals surface area contributed by atoms with E-state index in [1.165, 1.54) is 10.9 Å². The number of hydrogen-bond acceptors (Lipinski definition) is 5. The van der Waals surface area contributed by atoms with Gasteiger partial charge in [0.25, 0.3) is 0 Å². The van der Waals surface area contributed by atoms with Crippen LogP contribution in [0.5, 0.6) is 0 Å². The molecule has 0 aliphatic rings. The Labute approximate surface area is 140 Å². The number of benzene rings is 1. The van der Waals surface area contributed by atoms with Crippen LogP contribution in [0.1, 0.15) is 12.5 Å². The van der Waals surface area contributed by atoms with E-state index in [0.717, 1.165) is 5.69 Å². The fourth-order valence-corrected chi connectivity index (χ4v) is 2.31. The molecule has 0 saturated carbocycles. The maximum absolute atomic E-state index is 12.3. The van der Waals surface area contributed by atoms with Crippen molar-refractivity contribution in [2.45, 2.75) is 6.92 Å². The summed E-state index contributed by atoms with van der Waals surface area (Å²) in [6.45, 7) is 2.41. The first-order valence-corrected chi connectivity index (χ1v) is 7.46. The topological polar surface area (TPSA) is 97.7 Å². The lowest BCUT2D eigenvalue weighted by Gasteiger charge is -2.17. The van der Waals surface area contributed by atoms with E-state index in [1.807, 2.05) is 36.4 Å². The third kappa shape index (κ3) is 4.19. The number of nitrogens with zero attached hydrogens (tertiary/aromatic N) is 5. The number of hydrogen-bond donors (Lipinski definition) is 1. The number of carbonyl (C=O) groups is 1. The van der Waals surface area contributed by atoms with Crippen LogP contribution in [0.25, 0.3) is 5.69 Å². The Kier molecular flexibility index (Phi) is 5.67. The molecule has 7 nitrogen and oxygen atoms in total. The summed E-state index contributed by atoms with van der Waals surface area (Å²) in [5, 5.41) is 25.0. The molecule has 0 aliphatic carbocycles. The Hall–Kier alpha value is -3.16. The molecule has 24 heavy (non-hydrogen) atoms. The van der Waals surface area contributed by atoms with Crippen LogP contribution < -0.4 is 5.32 Å². The number of rotatable bonds is 6. The first-order chi connectivity index (χ1) is 11.5. The highest BCUT2D eigenvalue weighted by molar-refractivity contribution is 5.92. The number of likely N-dealkylation sites (N-methyl/N-ethyl adjacent to an activating group) is 1. The Morgan fingerprint density at radius 1 is 1.38 bits per heavy atom. The molecule has 1 N–H and O–H groups in total. The molecular weight excluding hydrogens is 304 g/mol. The number of carbonyl (C=O) groups excluding carboxylic acids is 1. The van der Waals surface area contributed by atoms with Crippen LogP contribution in [-0.4, -0.2) is 40.7 Å². The molecule has 0 saturated heterocycles. The van der Waals surface area contributed by atoms with E-state index in [0.29, 0.717) is 17.9 Å². The van der Waals surface area contributed by atoms with Crippen molar-refractivity contribution >= 4 is 11.7 Å². The predicted molar refractivity (Wildman–Crippen MR) is 89.2 cm³/mol. The number of nitrogens with one attached hydrogen (secondary N) is 1. The van der Waals surface area contributed by atoms with Crippen molar-refractivity contribution in [2.75, 3.05) is 25.5 Å². The third-order valence-electron chi connectivity index (χ3n) is 3.37. The molecule has 2 rings (SSSR count). The van der Waals surface area contributed by atoms with Crippen molar-refractivity contribution in [3.8, 4) is 17.8 Å². The molecule has 0 bridgehead atoms. The minimum Gasteiger partial charge on any atom is -0.308 e. The molecular formula is C17H18N6O. The monoisotopic (exact) mass is 322 g/mol. The highest BCUT2D eigenvalue weighted by atomic mass is 16.2. The quantitative estimate of drug-likeness (QED) is 0.874. The second kappa shape index (κ2) is 7.91. The zero-order valence-corrected chi connectivity index (χ0v) is 13.6. The van der Waals surface area contributed by atoms with Crippen molar-refractivity contribution in [3.05, 3.63) is 42.1 Å². The Morgan fingerprint density at radius 3 is 2.71 bits per heavy atom. The molecule has 0 spiro atoms. The normalized spacial score (nSPS) is 11.5. The summed E-state index contributed by atoms with van der Waals surface area (Å²) in [6.07, 6.45) is 1.42. The molecule has 1 aromatic heterocycles. The molecule has 1 heterocycles. The second-order valence-corrected chi connectivity index (χ2v) is 5.54. The third-order valence-corrected chi connectivity index (χ3v) is 3.37. The maximum atomic E-state index is 12.3. The van der Waals surface area contributed by atoms with E-state index in [9.17, 15) is 10.1 Å². The van der Waals surface area contributed by atoms with Gasteiger partial charge in [0.05, 0.1) is 30.4 Å². The van der Waals surface area contributed by atoms with Crippen molar-refractivity contribution in [1.82, 2.24) is 14.7 Å². The second-order valence-electron chi connectivity index (χ2n) is 5.54. The van der Waals surface area contributed by atoms with Crippen LogP contribution in [0, 0.1) is 28.6 Å². The summed E-state index contributed by atoms with van der Waals surface area (Å²) in [4.78, 5) is 14.0. The van der Waals surface area contributed by atoms with Crippen molar-refractivity contribution < 1.29 is 4.79 Å². The molecule has 122 valence electrons. The molecule has 0 fully saturated rings. The fourth-order valence-electron chi connectivity index (χ4n) is 2.31. The van der Waals surface area contributed by atoms with Gasteiger partial charge in [-0.05, 0) is 26.1 Å². The van der Waals surface area contributed by atoms with Gasteiger partial charge in [0.2, 0.25) is 5.91 Å². The van der Waals surface area contributed by atoms with Gasteiger partial charge in [0.1, 0.15) is 11.6 Å². The van der Waals surface area contributed by atoms with Gasteiger partial charge >= 0.3 is 0 Å². The van der Waals surface area contributed by atoms with E-state index in [-0.39, 0.29) is 18.4 Å². The van der Waals surface area contributed by atoms with Gasteiger partial charge in [0.15, 0.2) is 5.82 Å². The Bertz CT molecular complexity index is 784. The highest BCUT2D eigenvalue weighted by Gasteiger charge is 2.16. The summed E-state index contributed by atoms with van der Waals surface area (Å²) in [5.74, 6) is -0.0837. The molecule has 7 heteroatoms. The molecule has 1 amide bonds. The molecule has 1 atom stereocenters. The van der Waals surface area contributed by atoms with E-state index in [1.54, 1.807) is 18.9 Å². The highest BCUT2D eigenvalue weighted by Crippen LogP contribution is 2.19. The van der Waals surface area contributed by atoms with Crippen LogP contribution in [0.4, 0.5) is 5.82 Å². The van der Waals surface area contributed by atoms with Gasteiger partial charge in [-0.2, -0.15) is 15.6 Å². The minimum absolute atomic E-state index is 0.122. The maximum Gasteiger partial charge on any atom is 0.239 e. The zero-order chi connectivity index (χ0) is 17.5. The number of aromatic nitrogens is 2. The van der Waals surface area contributed by atoms with Crippen LogP contribution in [0.2, 0.25) is 0 Å². The lowest BCUT2D eigenvalue weighted by molar-refractivity contribution is -0.117. The summed E-state index contributed by atoms with van der Waals surface area (Å²) < 4.78 is 1.52. The summed E-state index contributed by atoms with van der Waals surface area (Å²) in [5.41, 5.74) is 1.04. The van der Waals surface area contributed by atoms with E-state index in [4.69, 9.17) is 5.26 Å². The van der Waals surface area contributed by atoms with Crippen LogP contribution in [-0.2, 0) is 4.79 Å². The van der Waals surface area contributed by atoms with Crippen molar-refractivity contribution in [3.63, 3.8) is 0 Å². The first-order valence-electron chi connectivity index (χ1n) is 7.46. The SMILES string of the molecule is CC(C#N)CN(C)CC(=O)Nc1c(C#N)cnn1-c1ccccc1. The summed E-state index contributed by atoms with van der Waals surface area (Å²) in [6, 6.07) is 13.4. The number of nitriles is 2. The Morgan fingerprint density at radius 2 is 2.08 bits per heavy atom. The largest absolute Gasteiger partial charge is 0.308 e. The van der Waals surface area contributed by atoms with Crippen LogP contribution in [0.3, 0.4) is 0 Å². The van der Waals surface area contributed by atoms with Gasteiger partial charge in [-0.25, -0.2) is 4.68 Å². The van der Waals surface area contributed by atoms with E-state index < -0.39 is 0 Å². The van der Waals surface area contributed by atoms with Crippen molar-refractivity contribution in [1.29, 1.82) is 10.5 Å². The summed E-state index contributed by atoms with van der Waals surface area (Å²) >= 11 is 0. The molecule has 1 unspecified atom stereocenters. The average Bonchev–Trinajstić information content (AvgIpc) is 2.97. The van der Waals surface area contributed by atoms with E-state index in [2.05, 4.69) is 16.5 Å². The van der Waals surface area contributed by atoms with Gasteiger partial charge in [-0.15, -0.1) is 0 Å². The first kappa shape index (κ1) is 17.2. The van der Waals surface area contributed by atoms with Crippen molar-refractivity contribution in [2.24, 2.45) is 5.92 Å². The molecule has 1 aromatic carbocycles. The smallest absolute Gasteiger partial charge is 0.239 e. The van der Waals surface area contributed by atoms with Gasteiger partial charge in [0, 0.05) is 6.54 Å². The average molecular weight is 322 g/mol. The van der Waals surface area contributed by atoms with Crippen LogP contribution in [0.15, 0.2) is 36.5 Å². The van der Waals surface area contributed by atoms with Gasteiger partial charge < -0.3 is 5.32 Å². The summed E-state index contributed by atoms with van der Waals surface area (Å²) in [7, 11) is 1.77. The number of para-hydroxylation sites is 1. The van der Waals surface area contributed by atoms with Crippen LogP contribution >= 0.6 is 0 Å². The lowest BCUT2D eigenvalue weighted by Crippen LogP contribution is -2.33. The zero-order valence-electron chi connectivity index (χ0n) is 13.6. The van der Waals surface area contributed by atoms with Gasteiger partial charge in [-0.1, -0.05) is 18.2 Å². The predicted octanol–water partition coefficient (Wildman–Crippen LogP) is 1.77. The molecule has 0 radical (unpaired) electrons. The fraction of sp³-hybridized carbons (Fsp3) is 0.294. The number of anilines is 1. The lowest BCUT2D eigenvalue weighted by atomic mass is 10.2. The molecule has 2 aromatic rings. The molecule has 0 aliphatic heterocycles. The van der Waals surface area contributed by atoms with E-state index >= 15 is 0 Å². The standard InChI is InChI=1S/C17H18N6O/c1-13(8-18)11-22(2)12-16(24)21-17-14(9-19)10-20-23(17)15-6-4-3-5-7-15/h3-7,10,13H,11-12H2,1-2H3,(H,21,24). The van der Waals surface area contributed by atoms with Gasteiger partial charge in [-0.3, -0.25) is 9.69 Å². The number of amides is 1. The Balaban J connectivity index is 2.15. The minimum atomic E-state index is -0.267.